The minimum Gasteiger partial charge on any atom is -0.379 e. The van der Waals surface area contributed by atoms with Crippen molar-refractivity contribution < 1.29 is 9.53 Å². The van der Waals surface area contributed by atoms with E-state index in [0.717, 1.165) is 39.3 Å². The van der Waals surface area contributed by atoms with Crippen molar-refractivity contribution in [2.45, 2.75) is 32.7 Å². The molecule has 1 aliphatic rings. The van der Waals surface area contributed by atoms with Gasteiger partial charge in [0.1, 0.15) is 5.78 Å². The number of Topliss-reactive ketones (excluding diaryl/α,β-unsaturated/α-hetero) is 1. The molecule has 1 aliphatic heterocycles. The molecule has 0 aliphatic carbocycles. The third-order valence-corrected chi connectivity index (χ3v) is 3.53. The molecule has 1 aromatic carbocycles. The Labute approximate surface area is 115 Å². The lowest BCUT2D eigenvalue weighted by Gasteiger charge is -2.27. The van der Waals surface area contributed by atoms with Crippen LogP contribution in [0, 0.1) is 0 Å². The molecule has 2 rings (SSSR count). The van der Waals surface area contributed by atoms with E-state index in [2.05, 4.69) is 30.0 Å². The maximum atomic E-state index is 11.8. The molecular formula is C16H23NO2. The number of nitrogens with zero attached hydrogens (tertiary/aromatic N) is 1. The minimum atomic E-state index is 0.344. The summed E-state index contributed by atoms with van der Waals surface area (Å²) < 4.78 is 5.37. The first-order valence-electron chi connectivity index (χ1n) is 7.18. The Balaban J connectivity index is 2.00. The molecule has 3 nitrogen and oxygen atoms in total. The summed E-state index contributed by atoms with van der Waals surface area (Å²) >= 11 is 0. The summed E-state index contributed by atoms with van der Waals surface area (Å²) in [5, 5.41) is 0. The first kappa shape index (κ1) is 14.2. The monoisotopic (exact) mass is 261 g/mol. The highest BCUT2D eigenvalue weighted by Gasteiger charge is 2.13. The van der Waals surface area contributed by atoms with Crippen molar-refractivity contribution in [1.82, 2.24) is 4.90 Å². The smallest absolute Gasteiger partial charge is 0.137 e. The molecule has 0 bridgehead atoms. The van der Waals surface area contributed by atoms with Gasteiger partial charge in [-0.3, -0.25) is 9.69 Å². The normalized spacial score (nSPS) is 16.5. The fourth-order valence-electron chi connectivity index (χ4n) is 2.46. The maximum absolute atomic E-state index is 11.8. The summed E-state index contributed by atoms with van der Waals surface area (Å²) in [6, 6.07) is 8.31. The lowest BCUT2D eigenvalue weighted by molar-refractivity contribution is -0.118. The van der Waals surface area contributed by atoms with Gasteiger partial charge in [-0.25, -0.2) is 0 Å². The second-order valence-corrected chi connectivity index (χ2v) is 5.12. The van der Waals surface area contributed by atoms with Crippen LogP contribution in [-0.2, 0) is 22.5 Å². The van der Waals surface area contributed by atoms with Gasteiger partial charge in [0.2, 0.25) is 0 Å². The quantitative estimate of drug-likeness (QED) is 0.787. The second kappa shape index (κ2) is 7.41. The van der Waals surface area contributed by atoms with Gasteiger partial charge in [-0.2, -0.15) is 0 Å². The molecule has 0 saturated carbocycles. The predicted octanol–water partition coefficient (Wildman–Crippen LogP) is 2.43. The summed E-state index contributed by atoms with van der Waals surface area (Å²) in [5.74, 6) is 0.344. The Kier molecular flexibility index (Phi) is 5.55. The Morgan fingerprint density at radius 3 is 2.58 bits per heavy atom. The van der Waals surface area contributed by atoms with Crippen molar-refractivity contribution in [3.8, 4) is 0 Å². The zero-order valence-corrected chi connectivity index (χ0v) is 11.7. The molecule has 1 saturated heterocycles. The number of hydrogen-bond acceptors (Lipinski definition) is 3. The number of rotatable bonds is 6. The van der Waals surface area contributed by atoms with Crippen LogP contribution in [-0.4, -0.2) is 37.0 Å². The summed E-state index contributed by atoms with van der Waals surface area (Å²) in [6.45, 7) is 6.58. The van der Waals surface area contributed by atoms with Crippen molar-refractivity contribution >= 4 is 5.78 Å². The van der Waals surface area contributed by atoms with Crippen molar-refractivity contribution in [1.29, 1.82) is 0 Å². The summed E-state index contributed by atoms with van der Waals surface area (Å²) in [5.41, 5.74) is 2.47. The molecule has 104 valence electrons. The van der Waals surface area contributed by atoms with Crippen LogP contribution in [0.1, 0.15) is 30.9 Å². The molecule has 0 radical (unpaired) electrons. The Bertz CT molecular complexity index is 411. The fraction of sp³-hybridized carbons (Fsp3) is 0.562. The molecule has 0 amide bonds. The number of hydrogen-bond donors (Lipinski definition) is 0. The molecule has 0 unspecified atom stereocenters. The van der Waals surface area contributed by atoms with Gasteiger partial charge < -0.3 is 4.74 Å². The molecule has 0 atom stereocenters. The van der Waals surface area contributed by atoms with Gasteiger partial charge in [-0.1, -0.05) is 31.2 Å². The Hall–Kier alpha value is -1.19. The van der Waals surface area contributed by atoms with Gasteiger partial charge in [-0.15, -0.1) is 0 Å². The zero-order chi connectivity index (χ0) is 13.5. The molecule has 19 heavy (non-hydrogen) atoms. The first-order chi connectivity index (χ1) is 9.29. The topological polar surface area (TPSA) is 29.5 Å². The third kappa shape index (κ3) is 4.44. The summed E-state index contributed by atoms with van der Waals surface area (Å²) in [6.07, 6.45) is 2.20. The summed E-state index contributed by atoms with van der Waals surface area (Å²) in [7, 11) is 0. The number of ether oxygens (including phenoxy) is 1. The highest BCUT2D eigenvalue weighted by molar-refractivity contribution is 5.81. The largest absolute Gasteiger partial charge is 0.379 e. The van der Waals surface area contributed by atoms with Crippen molar-refractivity contribution in [2.24, 2.45) is 0 Å². The Morgan fingerprint density at radius 1 is 1.21 bits per heavy atom. The van der Waals surface area contributed by atoms with Crippen LogP contribution >= 0.6 is 0 Å². The predicted molar refractivity (Wildman–Crippen MR) is 76.2 cm³/mol. The summed E-state index contributed by atoms with van der Waals surface area (Å²) in [4.78, 5) is 14.2. The van der Waals surface area contributed by atoms with E-state index < -0.39 is 0 Å². The molecule has 1 heterocycles. The van der Waals surface area contributed by atoms with Crippen LogP contribution in [0.5, 0.6) is 0 Å². The van der Waals surface area contributed by atoms with E-state index in [4.69, 9.17) is 4.74 Å². The minimum absolute atomic E-state index is 0.344. The van der Waals surface area contributed by atoms with Gasteiger partial charge in [0.05, 0.1) is 13.2 Å². The van der Waals surface area contributed by atoms with E-state index >= 15 is 0 Å². The standard InChI is InChI=1S/C16H23NO2/c1-2-5-16(18)12-14-6-3-4-7-15(14)13-17-8-10-19-11-9-17/h3-4,6-7H,2,5,8-13H2,1H3. The molecule has 1 aromatic rings. The van der Waals surface area contributed by atoms with Gasteiger partial charge in [0.25, 0.3) is 0 Å². The van der Waals surface area contributed by atoms with Crippen LogP contribution < -0.4 is 0 Å². The van der Waals surface area contributed by atoms with Crippen LogP contribution in [0.3, 0.4) is 0 Å². The molecule has 0 spiro atoms. The number of carbonyl (C=O) groups is 1. The molecule has 0 aromatic heterocycles. The lowest BCUT2D eigenvalue weighted by Crippen LogP contribution is -2.35. The third-order valence-electron chi connectivity index (χ3n) is 3.53. The Morgan fingerprint density at radius 2 is 1.89 bits per heavy atom. The van der Waals surface area contributed by atoms with E-state index in [0.29, 0.717) is 18.6 Å². The zero-order valence-electron chi connectivity index (χ0n) is 11.7. The highest BCUT2D eigenvalue weighted by Crippen LogP contribution is 2.14. The molecule has 1 fully saturated rings. The number of carbonyl (C=O) groups excluding carboxylic acids is 1. The molecule has 3 heteroatoms. The van der Waals surface area contributed by atoms with Crippen LogP contribution in [0.15, 0.2) is 24.3 Å². The van der Waals surface area contributed by atoms with E-state index in [-0.39, 0.29) is 0 Å². The van der Waals surface area contributed by atoms with E-state index in [9.17, 15) is 4.79 Å². The number of benzene rings is 1. The van der Waals surface area contributed by atoms with E-state index in [1.54, 1.807) is 0 Å². The molecular weight excluding hydrogens is 238 g/mol. The maximum Gasteiger partial charge on any atom is 0.137 e. The SMILES string of the molecule is CCCC(=O)Cc1ccccc1CN1CCOCC1. The van der Waals surface area contributed by atoms with Crippen LogP contribution in [0.2, 0.25) is 0 Å². The van der Waals surface area contributed by atoms with Gasteiger partial charge in [0, 0.05) is 32.5 Å². The highest BCUT2D eigenvalue weighted by atomic mass is 16.5. The van der Waals surface area contributed by atoms with Crippen molar-refractivity contribution in [2.75, 3.05) is 26.3 Å². The number of morpholine rings is 1. The second-order valence-electron chi connectivity index (χ2n) is 5.12. The average molecular weight is 261 g/mol. The van der Waals surface area contributed by atoms with E-state index in [1.807, 2.05) is 6.07 Å². The van der Waals surface area contributed by atoms with Crippen molar-refractivity contribution in [3.63, 3.8) is 0 Å². The van der Waals surface area contributed by atoms with Crippen LogP contribution in [0.25, 0.3) is 0 Å². The first-order valence-corrected chi connectivity index (χ1v) is 7.18. The van der Waals surface area contributed by atoms with Gasteiger partial charge >= 0.3 is 0 Å². The van der Waals surface area contributed by atoms with Crippen molar-refractivity contribution in [3.05, 3.63) is 35.4 Å². The number of ketones is 1. The van der Waals surface area contributed by atoms with Gasteiger partial charge in [-0.05, 0) is 17.5 Å². The van der Waals surface area contributed by atoms with E-state index in [1.165, 1.54) is 11.1 Å². The lowest BCUT2D eigenvalue weighted by atomic mass is 10.00. The average Bonchev–Trinajstić information content (AvgIpc) is 2.42. The fourth-order valence-corrected chi connectivity index (χ4v) is 2.46. The molecule has 0 N–H and O–H groups in total. The van der Waals surface area contributed by atoms with Gasteiger partial charge in [0.15, 0.2) is 0 Å². The van der Waals surface area contributed by atoms with Crippen LogP contribution in [0.4, 0.5) is 0 Å².